The summed E-state index contributed by atoms with van der Waals surface area (Å²) < 4.78 is 5.37. The van der Waals surface area contributed by atoms with E-state index in [0.29, 0.717) is 22.4 Å². The van der Waals surface area contributed by atoms with Gasteiger partial charge < -0.3 is 9.73 Å². The molecule has 1 aromatic heterocycles. The van der Waals surface area contributed by atoms with Gasteiger partial charge in [0.25, 0.3) is 5.91 Å². The zero-order valence-corrected chi connectivity index (χ0v) is 18.0. The van der Waals surface area contributed by atoms with E-state index in [-0.39, 0.29) is 23.4 Å². The molecule has 0 aliphatic heterocycles. The van der Waals surface area contributed by atoms with Gasteiger partial charge in [-0.05, 0) is 24.6 Å². The van der Waals surface area contributed by atoms with Gasteiger partial charge in [0.1, 0.15) is 11.8 Å². The van der Waals surface area contributed by atoms with E-state index < -0.39 is 5.91 Å². The summed E-state index contributed by atoms with van der Waals surface area (Å²) in [5, 5.41) is 7.07. The molecule has 1 aromatic carbocycles. The van der Waals surface area contributed by atoms with Crippen molar-refractivity contribution in [2.45, 2.75) is 58.3 Å². The molecule has 0 saturated carbocycles. The molecule has 0 fully saturated rings. The number of hydrazone groups is 1. The summed E-state index contributed by atoms with van der Waals surface area (Å²) in [4.78, 5) is 36.0. The fraction of sp³-hybridized carbons (Fsp3) is 0.455. The third-order valence-corrected chi connectivity index (χ3v) is 4.84. The lowest BCUT2D eigenvalue weighted by molar-refractivity contribution is -0.126. The van der Waals surface area contributed by atoms with Gasteiger partial charge in [0, 0.05) is 11.4 Å². The molecule has 2 aromatic rings. The Hall–Kier alpha value is -2.67. The van der Waals surface area contributed by atoms with Crippen molar-refractivity contribution in [3.63, 3.8) is 0 Å². The molecule has 0 unspecified atom stereocenters. The Morgan fingerprint density at radius 1 is 1.10 bits per heavy atom. The first-order valence-electron chi connectivity index (χ1n) is 10.3. The second kappa shape index (κ2) is 12.8. The quantitative estimate of drug-likeness (QED) is 0.298. The third-order valence-electron chi connectivity index (χ3n) is 4.61. The Kier molecular flexibility index (Phi) is 10.1. The van der Waals surface area contributed by atoms with Gasteiger partial charge in [0.15, 0.2) is 0 Å². The minimum absolute atomic E-state index is 0.158. The maximum absolute atomic E-state index is 12.4. The molecule has 2 N–H and O–H groups in total. The van der Waals surface area contributed by atoms with Crippen LogP contribution in [0.1, 0.15) is 63.9 Å². The van der Waals surface area contributed by atoms with Crippen LogP contribution in [0.4, 0.5) is 0 Å². The van der Waals surface area contributed by atoms with Crippen LogP contribution in [0.2, 0.25) is 5.02 Å². The molecular weight excluding hydrogens is 406 g/mol. The maximum atomic E-state index is 12.4. The van der Waals surface area contributed by atoms with Crippen molar-refractivity contribution in [1.29, 1.82) is 0 Å². The largest absolute Gasteiger partial charge is 0.463 e. The van der Waals surface area contributed by atoms with Crippen molar-refractivity contribution < 1.29 is 14.0 Å². The van der Waals surface area contributed by atoms with E-state index >= 15 is 0 Å². The molecule has 0 aliphatic carbocycles. The predicted molar refractivity (Wildman–Crippen MR) is 119 cm³/mol. The number of unbranched alkanes of at least 4 members (excludes halogenated alkanes) is 6. The third kappa shape index (κ3) is 7.99. The standard InChI is InChI=1S/C22H28ClN3O4/c1-2-3-4-5-6-7-8-9-20(27)24-14-21(28)26-25-13-16-15-30-19-11-10-17(23)12-18(19)22(16)29/h10-13,15H,2-9,14H2,1H3,(H,24,27)(H,26,28)/b25-13+. The van der Waals surface area contributed by atoms with Gasteiger partial charge in [-0.2, -0.15) is 5.10 Å². The van der Waals surface area contributed by atoms with Gasteiger partial charge >= 0.3 is 0 Å². The number of fused-ring (bicyclic) bond motifs is 1. The highest BCUT2D eigenvalue weighted by atomic mass is 35.5. The van der Waals surface area contributed by atoms with Gasteiger partial charge in [-0.25, -0.2) is 5.43 Å². The lowest BCUT2D eigenvalue weighted by Crippen LogP contribution is -2.34. The highest BCUT2D eigenvalue weighted by Gasteiger charge is 2.07. The summed E-state index contributed by atoms with van der Waals surface area (Å²) in [7, 11) is 0. The van der Waals surface area contributed by atoms with E-state index in [1.54, 1.807) is 12.1 Å². The molecule has 2 amide bonds. The maximum Gasteiger partial charge on any atom is 0.259 e. The molecule has 0 spiro atoms. The number of rotatable bonds is 12. The number of carbonyl (C=O) groups is 2. The number of hydrogen-bond acceptors (Lipinski definition) is 5. The molecule has 30 heavy (non-hydrogen) atoms. The number of benzene rings is 1. The Morgan fingerprint density at radius 3 is 2.60 bits per heavy atom. The molecule has 0 atom stereocenters. The van der Waals surface area contributed by atoms with Crippen molar-refractivity contribution >= 4 is 40.6 Å². The van der Waals surface area contributed by atoms with Gasteiger partial charge in [-0.15, -0.1) is 0 Å². The zero-order chi connectivity index (χ0) is 21.8. The lowest BCUT2D eigenvalue weighted by Gasteiger charge is -2.04. The molecule has 0 bridgehead atoms. The van der Waals surface area contributed by atoms with Gasteiger partial charge in [0.05, 0.1) is 23.7 Å². The number of nitrogens with one attached hydrogen (secondary N) is 2. The summed E-state index contributed by atoms with van der Waals surface area (Å²) in [6, 6.07) is 4.75. The van der Waals surface area contributed by atoms with Crippen LogP contribution < -0.4 is 16.2 Å². The fourth-order valence-corrected chi connectivity index (χ4v) is 3.10. The van der Waals surface area contributed by atoms with Crippen molar-refractivity contribution in [3.8, 4) is 0 Å². The highest BCUT2D eigenvalue weighted by molar-refractivity contribution is 6.31. The molecule has 7 nitrogen and oxygen atoms in total. The van der Waals surface area contributed by atoms with E-state index in [4.69, 9.17) is 16.0 Å². The summed E-state index contributed by atoms with van der Waals surface area (Å²) >= 11 is 5.91. The Balaban J connectivity index is 1.70. The van der Waals surface area contributed by atoms with E-state index in [2.05, 4.69) is 22.8 Å². The summed E-state index contributed by atoms with van der Waals surface area (Å²) in [6.07, 6.45) is 10.8. The van der Waals surface area contributed by atoms with Gasteiger partial charge in [0.2, 0.25) is 11.3 Å². The summed E-state index contributed by atoms with van der Waals surface area (Å²) in [5.41, 5.74) is 2.56. The zero-order valence-electron chi connectivity index (χ0n) is 17.2. The van der Waals surface area contributed by atoms with E-state index in [1.165, 1.54) is 44.2 Å². The second-order valence-electron chi connectivity index (χ2n) is 7.10. The normalized spacial score (nSPS) is 11.1. The minimum Gasteiger partial charge on any atom is -0.463 e. The number of carbonyl (C=O) groups excluding carboxylic acids is 2. The number of nitrogens with zero attached hydrogens (tertiary/aromatic N) is 1. The lowest BCUT2D eigenvalue weighted by atomic mass is 10.1. The van der Waals surface area contributed by atoms with E-state index in [1.807, 2.05) is 0 Å². The average Bonchev–Trinajstić information content (AvgIpc) is 2.73. The topological polar surface area (TPSA) is 101 Å². The van der Waals surface area contributed by atoms with Crippen LogP contribution in [0.5, 0.6) is 0 Å². The Bertz CT molecular complexity index is 940. The number of halogens is 1. The average molecular weight is 434 g/mol. The smallest absolute Gasteiger partial charge is 0.259 e. The van der Waals surface area contributed by atoms with Crippen LogP contribution in [-0.2, 0) is 9.59 Å². The SMILES string of the molecule is CCCCCCCCCC(=O)NCC(=O)N/N=C/c1coc2ccc(Cl)cc2c1=O. The monoisotopic (exact) mass is 433 g/mol. The molecule has 2 rings (SSSR count). The number of amides is 2. The molecule has 0 radical (unpaired) electrons. The summed E-state index contributed by atoms with van der Waals surface area (Å²) in [5.74, 6) is -0.637. The molecule has 1 heterocycles. The second-order valence-corrected chi connectivity index (χ2v) is 7.54. The first kappa shape index (κ1) is 23.6. The first-order chi connectivity index (χ1) is 14.5. The molecule has 8 heteroatoms. The van der Waals surface area contributed by atoms with Crippen LogP contribution in [0.3, 0.4) is 0 Å². The van der Waals surface area contributed by atoms with E-state index in [9.17, 15) is 14.4 Å². The fourth-order valence-electron chi connectivity index (χ4n) is 2.93. The molecule has 162 valence electrons. The van der Waals surface area contributed by atoms with Crippen molar-refractivity contribution in [2.24, 2.45) is 5.10 Å². The van der Waals surface area contributed by atoms with Crippen molar-refractivity contribution in [2.75, 3.05) is 6.54 Å². The van der Waals surface area contributed by atoms with Gasteiger partial charge in [-0.1, -0.05) is 57.0 Å². The van der Waals surface area contributed by atoms with Crippen LogP contribution in [0.15, 0.2) is 38.8 Å². The molecule has 0 saturated heterocycles. The van der Waals surface area contributed by atoms with Gasteiger partial charge in [-0.3, -0.25) is 14.4 Å². The van der Waals surface area contributed by atoms with Crippen LogP contribution in [0, 0.1) is 0 Å². The van der Waals surface area contributed by atoms with Crippen molar-refractivity contribution in [3.05, 3.63) is 45.3 Å². The van der Waals surface area contributed by atoms with Crippen LogP contribution in [-0.4, -0.2) is 24.6 Å². The van der Waals surface area contributed by atoms with Crippen LogP contribution in [0.25, 0.3) is 11.0 Å². The molecule has 0 aliphatic rings. The van der Waals surface area contributed by atoms with Crippen molar-refractivity contribution in [1.82, 2.24) is 10.7 Å². The highest BCUT2D eigenvalue weighted by Crippen LogP contribution is 2.16. The Morgan fingerprint density at radius 2 is 1.83 bits per heavy atom. The summed E-state index contributed by atoms with van der Waals surface area (Å²) in [6.45, 7) is 2.01. The predicted octanol–water partition coefficient (Wildman–Crippen LogP) is 4.15. The minimum atomic E-state index is -0.479. The van der Waals surface area contributed by atoms with E-state index in [0.717, 1.165) is 19.3 Å². The first-order valence-corrected chi connectivity index (χ1v) is 10.7. The Labute approximate surface area is 180 Å². The number of hydrogen-bond donors (Lipinski definition) is 2. The molecular formula is C22H28ClN3O4. The van der Waals surface area contributed by atoms with Crippen LogP contribution >= 0.6 is 11.6 Å².